The third-order valence-corrected chi connectivity index (χ3v) is 4.67. The third kappa shape index (κ3) is 2.62. The van der Waals surface area contributed by atoms with Crippen molar-refractivity contribution in [1.82, 2.24) is 9.88 Å². The van der Waals surface area contributed by atoms with Crippen LogP contribution in [0.3, 0.4) is 0 Å². The number of sulfonamides is 1. The van der Waals surface area contributed by atoms with Gasteiger partial charge in [0.15, 0.2) is 5.76 Å². The van der Waals surface area contributed by atoms with Gasteiger partial charge in [0.25, 0.3) is 0 Å². The quantitative estimate of drug-likeness (QED) is 0.779. The van der Waals surface area contributed by atoms with E-state index >= 15 is 0 Å². The second-order valence-corrected chi connectivity index (χ2v) is 6.01. The topological polar surface area (TPSA) is 119 Å². The molecule has 1 aromatic heterocycles. The van der Waals surface area contributed by atoms with Gasteiger partial charge in [-0.25, -0.2) is 13.1 Å². The van der Waals surface area contributed by atoms with Gasteiger partial charge in [-0.3, -0.25) is 4.79 Å². The lowest BCUT2D eigenvalue weighted by molar-refractivity contribution is -0.142. The van der Waals surface area contributed by atoms with Gasteiger partial charge in [0.05, 0.1) is 25.2 Å². The Morgan fingerprint density at radius 1 is 1.42 bits per heavy atom. The molecule has 8 nitrogen and oxygen atoms in total. The minimum Gasteiger partial charge on any atom is -0.481 e. The summed E-state index contributed by atoms with van der Waals surface area (Å²) in [6, 6.07) is -0.795. The van der Waals surface area contributed by atoms with Gasteiger partial charge >= 0.3 is 5.97 Å². The van der Waals surface area contributed by atoms with E-state index in [1.54, 1.807) is 0 Å². The molecule has 2 rings (SSSR count). The molecular formula is C10H14N2O6S. The zero-order valence-electron chi connectivity index (χ0n) is 10.4. The standard InChI is InChI=1S/C10H14N2O6S/c1-5-9(6(2)18-11-5)19(15,16)12-8-4-17-3-7(8)10(13)14/h7-8,12H,3-4H2,1-2H3,(H,13,14). The number of aliphatic carboxylic acids is 1. The smallest absolute Gasteiger partial charge is 0.310 e. The van der Waals surface area contributed by atoms with E-state index in [0.717, 1.165) is 0 Å². The van der Waals surface area contributed by atoms with Crippen LogP contribution < -0.4 is 4.72 Å². The number of carboxylic acid groups (broad SMARTS) is 1. The Morgan fingerprint density at radius 2 is 2.11 bits per heavy atom. The van der Waals surface area contributed by atoms with Crippen molar-refractivity contribution in [1.29, 1.82) is 0 Å². The number of hydrogen-bond acceptors (Lipinski definition) is 6. The lowest BCUT2D eigenvalue weighted by Crippen LogP contribution is -2.42. The van der Waals surface area contributed by atoms with E-state index in [9.17, 15) is 13.2 Å². The molecule has 9 heteroatoms. The Hall–Kier alpha value is -1.45. The third-order valence-electron chi connectivity index (χ3n) is 2.94. The number of ether oxygens (including phenoxy) is 1. The fraction of sp³-hybridized carbons (Fsp3) is 0.600. The molecule has 0 bridgehead atoms. The van der Waals surface area contributed by atoms with E-state index in [-0.39, 0.29) is 29.6 Å². The molecule has 1 aliphatic rings. The Labute approximate surface area is 109 Å². The molecule has 0 aliphatic carbocycles. The van der Waals surface area contributed by atoms with Gasteiger partial charge < -0.3 is 14.4 Å². The van der Waals surface area contributed by atoms with Crippen LogP contribution in [0.15, 0.2) is 9.42 Å². The molecule has 1 saturated heterocycles. The number of nitrogens with zero attached hydrogens (tertiary/aromatic N) is 1. The van der Waals surface area contributed by atoms with Crippen LogP contribution in [0.2, 0.25) is 0 Å². The van der Waals surface area contributed by atoms with Gasteiger partial charge in [-0.2, -0.15) is 0 Å². The van der Waals surface area contributed by atoms with Crippen molar-refractivity contribution in [2.45, 2.75) is 24.8 Å². The normalized spacial score (nSPS) is 23.7. The van der Waals surface area contributed by atoms with E-state index in [1.807, 2.05) is 0 Å². The van der Waals surface area contributed by atoms with E-state index in [1.165, 1.54) is 13.8 Å². The summed E-state index contributed by atoms with van der Waals surface area (Å²) in [6.45, 7) is 3.00. The van der Waals surface area contributed by atoms with E-state index in [4.69, 9.17) is 14.4 Å². The Kier molecular flexibility index (Phi) is 3.61. The van der Waals surface area contributed by atoms with Gasteiger partial charge in [0.1, 0.15) is 10.6 Å². The molecule has 1 aliphatic heterocycles. The Morgan fingerprint density at radius 3 is 2.63 bits per heavy atom. The van der Waals surface area contributed by atoms with Crippen molar-refractivity contribution in [3.05, 3.63) is 11.5 Å². The second-order valence-electron chi connectivity index (χ2n) is 4.36. The summed E-state index contributed by atoms with van der Waals surface area (Å²) in [6.07, 6.45) is 0. The van der Waals surface area contributed by atoms with Crippen molar-refractivity contribution in [3.63, 3.8) is 0 Å². The molecule has 106 valence electrons. The van der Waals surface area contributed by atoms with Crippen molar-refractivity contribution in [2.75, 3.05) is 13.2 Å². The maximum atomic E-state index is 12.2. The van der Waals surface area contributed by atoms with Crippen LogP contribution in [0.5, 0.6) is 0 Å². The first-order chi connectivity index (χ1) is 8.83. The van der Waals surface area contributed by atoms with Crippen LogP contribution in [-0.2, 0) is 19.6 Å². The van der Waals surface area contributed by atoms with Crippen molar-refractivity contribution >= 4 is 16.0 Å². The highest BCUT2D eigenvalue weighted by molar-refractivity contribution is 7.89. The SMILES string of the molecule is Cc1noc(C)c1S(=O)(=O)NC1COCC1C(=O)O. The van der Waals surface area contributed by atoms with E-state index < -0.39 is 28.0 Å². The van der Waals surface area contributed by atoms with Gasteiger partial charge in [0.2, 0.25) is 10.0 Å². The molecule has 2 heterocycles. The molecule has 0 spiro atoms. The van der Waals surface area contributed by atoms with Crippen LogP contribution in [0.25, 0.3) is 0 Å². The highest BCUT2D eigenvalue weighted by Gasteiger charge is 2.38. The number of aryl methyl sites for hydroxylation is 2. The molecule has 1 aromatic rings. The number of rotatable bonds is 4. The number of aromatic nitrogens is 1. The van der Waals surface area contributed by atoms with Crippen molar-refractivity contribution < 1.29 is 27.6 Å². The number of nitrogens with one attached hydrogen (secondary N) is 1. The summed E-state index contributed by atoms with van der Waals surface area (Å²) in [5, 5.41) is 12.5. The van der Waals surface area contributed by atoms with Gasteiger partial charge in [-0.05, 0) is 13.8 Å². The van der Waals surface area contributed by atoms with Crippen LogP contribution in [0, 0.1) is 19.8 Å². The average molecular weight is 290 g/mol. The van der Waals surface area contributed by atoms with Crippen LogP contribution in [-0.4, -0.2) is 43.9 Å². The summed E-state index contributed by atoms with van der Waals surface area (Å²) in [4.78, 5) is 10.9. The maximum absolute atomic E-state index is 12.2. The summed E-state index contributed by atoms with van der Waals surface area (Å²) in [5.41, 5.74) is 0.232. The first-order valence-electron chi connectivity index (χ1n) is 5.58. The molecule has 0 radical (unpaired) electrons. The first kappa shape index (κ1) is 14.0. The van der Waals surface area contributed by atoms with Gasteiger partial charge in [-0.15, -0.1) is 0 Å². The highest BCUT2D eigenvalue weighted by atomic mass is 32.2. The lowest BCUT2D eigenvalue weighted by Gasteiger charge is -2.15. The van der Waals surface area contributed by atoms with Gasteiger partial charge in [-0.1, -0.05) is 5.16 Å². The fourth-order valence-corrected chi connectivity index (χ4v) is 3.62. The summed E-state index contributed by atoms with van der Waals surface area (Å²) in [5.74, 6) is -1.82. The van der Waals surface area contributed by atoms with Crippen molar-refractivity contribution in [3.8, 4) is 0 Å². The largest absolute Gasteiger partial charge is 0.481 e. The molecule has 0 amide bonds. The zero-order valence-corrected chi connectivity index (χ0v) is 11.2. The summed E-state index contributed by atoms with van der Waals surface area (Å²) < 4.78 is 36.5. The Bertz CT molecular complexity index is 574. The van der Waals surface area contributed by atoms with Crippen LogP contribution in [0.1, 0.15) is 11.5 Å². The molecule has 19 heavy (non-hydrogen) atoms. The maximum Gasteiger partial charge on any atom is 0.310 e. The molecule has 2 N–H and O–H groups in total. The monoisotopic (exact) mass is 290 g/mol. The minimum absolute atomic E-state index is 0.00980. The molecule has 2 atom stereocenters. The number of hydrogen-bond donors (Lipinski definition) is 2. The predicted octanol–water partition coefficient (Wildman–Crippen LogP) is -0.331. The van der Waals surface area contributed by atoms with Crippen molar-refractivity contribution in [2.24, 2.45) is 5.92 Å². The zero-order chi connectivity index (χ0) is 14.2. The fourth-order valence-electron chi connectivity index (χ4n) is 2.03. The Balaban J connectivity index is 2.25. The van der Waals surface area contributed by atoms with E-state index in [2.05, 4.69) is 9.88 Å². The van der Waals surface area contributed by atoms with Crippen LogP contribution in [0.4, 0.5) is 0 Å². The number of carbonyl (C=O) groups is 1. The molecule has 1 fully saturated rings. The van der Waals surface area contributed by atoms with Gasteiger partial charge in [0, 0.05) is 0 Å². The highest BCUT2D eigenvalue weighted by Crippen LogP contribution is 2.22. The lowest BCUT2D eigenvalue weighted by atomic mass is 10.1. The molecule has 0 aromatic carbocycles. The molecule has 2 unspecified atom stereocenters. The predicted molar refractivity (Wildman–Crippen MR) is 62.0 cm³/mol. The molecular weight excluding hydrogens is 276 g/mol. The molecule has 0 saturated carbocycles. The first-order valence-corrected chi connectivity index (χ1v) is 7.07. The van der Waals surface area contributed by atoms with E-state index in [0.29, 0.717) is 0 Å². The average Bonchev–Trinajstić information content (AvgIpc) is 2.85. The minimum atomic E-state index is -3.88. The number of carboxylic acids is 1. The summed E-state index contributed by atoms with van der Waals surface area (Å²) >= 11 is 0. The van der Waals surface area contributed by atoms with Crippen LogP contribution >= 0.6 is 0 Å². The second kappa shape index (κ2) is 4.91. The summed E-state index contributed by atoms with van der Waals surface area (Å²) in [7, 11) is -3.88.